The number of benzene rings is 2. The van der Waals surface area contributed by atoms with Crippen LogP contribution in [-0.2, 0) is 24.8 Å². The van der Waals surface area contributed by atoms with E-state index in [9.17, 15) is 21.6 Å². The molecule has 0 unspecified atom stereocenters. The summed E-state index contributed by atoms with van der Waals surface area (Å²) < 4.78 is 58.4. The maximum Gasteiger partial charge on any atom is 0.262 e. The topological polar surface area (TPSA) is 122 Å². The maximum atomic E-state index is 12.4. The zero-order valence-corrected chi connectivity index (χ0v) is 20.6. The van der Waals surface area contributed by atoms with Gasteiger partial charge in [-0.25, -0.2) is 25.9 Å². The smallest absolute Gasteiger partial charge is 0.262 e. The molecule has 11 heteroatoms. The Labute approximate surface area is 189 Å². The molecular formula is C21H29N3O6S2. The molecule has 0 spiro atoms. The van der Waals surface area contributed by atoms with Crippen LogP contribution in [0.15, 0.2) is 46.2 Å². The molecule has 0 atom stereocenters. The highest BCUT2D eigenvalue weighted by Gasteiger charge is 2.19. The lowest BCUT2D eigenvalue weighted by atomic mass is 10.2. The Morgan fingerprint density at radius 2 is 1.59 bits per heavy atom. The molecular weight excluding hydrogens is 454 g/mol. The van der Waals surface area contributed by atoms with Gasteiger partial charge in [0.1, 0.15) is 5.75 Å². The third-order valence-electron chi connectivity index (χ3n) is 4.47. The minimum absolute atomic E-state index is 0.0620. The zero-order valence-electron chi connectivity index (χ0n) is 19.0. The van der Waals surface area contributed by atoms with Gasteiger partial charge in [-0.15, -0.1) is 0 Å². The molecule has 9 nitrogen and oxygen atoms in total. The van der Waals surface area contributed by atoms with E-state index in [2.05, 4.69) is 10.0 Å². The van der Waals surface area contributed by atoms with E-state index in [1.807, 2.05) is 0 Å². The fourth-order valence-electron chi connectivity index (χ4n) is 2.77. The minimum Gasteiger partial charge on any atom is -0.483 e. The van der Waals surface area contributed by atoms with Gasteiger partial charge in [0, 0.05) is 25.8 Å². The van der Waals surface area contributed by atoms with Gasteiger partial charge in [-0.05, 0) is 69.2 Å². The number of carbonyl (C=O) groups is 1. The van der Waals surface area contributed by atoms with E-state index in [-0.39, 0.29) is 22.4 Å². The van der Waals surface area contributed by atoms with Gasteiger partial charge < -0.3 is 10.1 Å². The Kier molecular flexibility index (Phi) is 8.05. The van der Waals surface area contributed by atoms with Gasteiger partial charge in [0.2, 0.25) is 20.0 Å². The summed E-state index contributed by atoms with van der Waals surface area (Å²) in [5, 5.41) is 2.66. The van der Waals surface area contributed by atoms with Gasteiger partial charge in [0.25, 0.3) is 5.91 Å². The van der Waals surface area contributed by atoms with Crippen molar-refractivity contribution < 1.29 is 26.4 Å². The second-order valence-corrected chi connectivity index (χ2v) is 11.7. The van der Waals surface area contributed by atoms with Gasteiger partial charge in [-0.2, -0.15) is 0 Å². The molecule has 0 fully saturated rings. The van der Waals surface area contributed by atoms with Crippen LogP contribution in [0.25, 0.3) is 0 Å². The van der Waals surface area contributed by atoms with Crippen LogP contribution in [-0.4, -0.2) is 53.8 Å². The van der Waals surface area contributed by atoms with E-state index in [4.69, 9.17) is 4.74 Å². The van der Waals surface area contributed by atoms with Gasteiger partial charge in [-0.3, -0.25) is 4.79 Å². The van der Waals surface area contributed by atoms with Crippen LogP contribution >= 0.6 is 0 Å². The highest BCUT2D eigenvalue weighted by Crippen LogP contribution is 2.24. The van der Waals surface area contributed by atoms with Crippen molar-refractivity contribution in [3.05, 3.63) is 47.5 Å². The second-order valence-electron chi connectivity index (χ2n) is 7.80. The van der Waals surface area contributed by atoms with Crippen molar-refractivity contribution in [3.8, 4) is 5.75 Å². The highest BCUT2D eigenvalue weighted by molar-refractivity contribution is 7.89. The molecule has 2 aromatic carbocycles. The maximum absolute atomic E-state index is 12.4. The minimum atomic E-state index is -3.64. The van der Waals surface area contributed by atoms with E-state index in [1.165, 1.54) is 44.4 Å². The summed E-state index contributed by atoms with van der Waals surface area (Å²) in [6.45, 7) is 6.56. The van der Waals surface area contributed by atoms with Gasteiger partial charge in [-0.1, -0.05) is 6.07 Å². The molecule has 0 aliphatic rings. The first-order valence-electron chi connectivity index (χ1n) is 9.83. The number of nitrogens with zero attached hydrogens (tertiary/aromatic N) is 1. The molecule has 2 aromatic rings. The first-order valence-corrected chi connectivity index (χ1v) is 12.7. The molecule has 0 aromatic heterocycles. The lowest BCUT2D eigenvalue weighted by Gasteiger charge is -2.15. The van der Waals surface area contributed by atoms with Crippen LogP contribution in [0.1, 0.15) is 25.0 Å². The Bertz CT molecular complexity index is 1210. The predicted octanol–water partition coefficient (Wildman–Crippen LogP) is 2.26. The van der Waals surface area contributed by atoms with Crippen LogP contribution in [0.5, 0.6) is 5.75 Å². The number of ether oxygens (including phenoxy) is 1. The fourth-order valence-corrected chi connectivity index (χ4v) is 5.03. The summed E-state index contributed by atoms with van der Waals surface area (Å²) in [5.41, 5.74) is 1.61. The zero-order chi connectivity index (χ0) is 24.3. The Morgan fingerprint density at radius 1 is 0.969 bits per heavy atom. The van der Waals surface area contributed by atoms with E-state index < -0.39 is 26.0 Å². The molecule has 0 radical (unpaired) electrons. The number of aryl methyl sites for hydroxylation is 2. The molecule has 0 heterocycles. The molecule has 2 N–H and O–H groups in total. The standard InChI is InChI=1S/C21H29N3O6S2/c1-14(2)23-31(26,27)17-9-10-20(16(4)11-17)30-13-21(25)22-19-12-18(8-7-15(19)3)32(28,29)24(5)6/h7-12,14,23H,13H2,1-6H3,(H,22,25). The highest BCUT2D eigenvalue weighted by atomic mass is 32.2. The number of carbonyl (C=O) groups excluding carboxylic acids is 1. The average molecular weight is 484 g/mol. The summed E-state index contributed by atoms with van der Waals surface area (Å²) >= 11 is 0. The summed E-state index contributed by atoms with van der Waals surface area (Å²) in [6.07, 6.45) is 0. The van der Waals surface area contributed by atoms with E-state index >= 15 is 0 Å². The quantitative estimate of drug-likeness (QED) is 0.564. The molecule has 1 amide bonds. The van der Waals surface area contributed by atoms with Crippen molar-refractivity contribution in [2.45, 2.75) is 43.5 Å². The number of amides is 1. The first kappa shape index (κ1) is 25.8. The summed E-state index contributed by atoms with van der Waals surface area (Å²) in [7, 11) is -4.42. The lowest BCUT2D eigenvalue weighted by Crippen LogP contribution is -2.30. The lowest BCUT2D eigenvalue weighted by molar-refractivity contribution is -0.118. The fraction of sp³-hybridized carbons (Fsp3) is 0.381. The number of rotatable bonds is 9. The normalized spacial score (nSPS) is 12.2. The van der Waals surface area contributed by atoms with E-state index in [0.717, 1.165) is 4.31 Å². The van der Waals surface area contributed by atoms with Crippen LogP contribution in [0.4, 0.5) is 5.69 Å². The van der Waals surface area contributed by atoms with Crippen LogP contribution in [0.2, 0.25) is 0 Å². The average Bonchev–Trinajstić information content (AvgIpc) is 2.67. The Morgan fingerprint density at radius 3 is 2.16 bits per heavy atom. The SMILES string of the molecule is Cc1ccc(S(=O)(=O)N(C)C)cc1NC(=O)COc1ccc(S(=O)(=O)NC(C)C)cc1C. The monoisotopic (exact) mass is 483 g/mol. The molecule has 32 heavy (non-hydrogen) atoms. The van der Waals surface area contributed by atoms with Crippen LogP contribution in [0.3, 0.4) is 0 Å². The number of nitrogens with one attached hydrogen (secondary N) is 2. The third-order valence-corrected chi connectivity index (χ3v) is 7.94. The molecule has 0 bridgehead atoms. The van der Waals surface area contributed by atoms with Crippen LogP contribution < -0.4 is 14.8 Å². The van der Waals surface area contributed by atoms with Gasteiger partial charge in [0.15, 0.2) is 6.61 Å². The van der Waals surface area contributed by atoms with E-state index in [0.29, 0.717) is 22.6 Å². The number of sulfonamides is 2. The summed E-state index contributed by atoms with van der Waals surface area (Å²) in [5.74, 6) is -0.116. The second kappa shape index (κ2) is 9.99. The molecule has 0 saturated carbocycles. The van der Waals surface area contributed by atoms with Gasteiger partial charge >= 0.3 is 0 Å². The van der Waals surface area contributed by atoms with Crippen molar-refractivity contribution in [1.29, 1.82) is 0 Å². The molecule has 0 aliphatic heterocycles. The van der Waals surface area contributed by atoms with Crippen molar-refractivity contribution in [2.24, 2.45) is 0 Å². The Hall–Kier alpha value is -2.47. The van der Waals surface area contributed by atoms with E-state index in [1.54, 1.807) is 33.8 Å². The molecule has 2 rings (SSSR count). The molecule has 0 aliphatic carbocycles. The van der Waals surface area contributed by atoms with Crippen molar-refractivity contribution in [2.75, 3.05) is 26.0 Å². The molecule has 176 valence electrons. The summed E-state index contributed by atoms with van der Waals surface area (Å²) in [6, 6.07) is 8.62. The third kappa shape index (κ3) is 6.28. The Balaban J connectivity index is 2.11. The number of hydrogen-bond acceptors (Lipinski definition) is 6. The van der Waals surface area contributed by atoms with Crippen LogP contribution in [0, 0.1) is 13.8 Å². The predicted molar refractivity (Wildman–Crippen MR) is 123 cm³/mol. The first-order chi connectivity index (χ1) is 14.7. The van der Waals surface area contributed by atoms with Crippen molar-refractivity contribution in [3.63, 3.8) is 0 Å². The molecule has 0 saturated heterocycles. The van der Waals surface area contributed by atoms with Crippen molar-refractivity contribution in [1.82, 2.24) is 9.03 Å². The van der Waals surface area contributed by atoms with Gasteiger partial charge in [0.05, 0.1) is 9.79 Å². The number of hydrogen-bond donors (Lipinski definition) is 2. The van der Waals surface area contributed by atoms with Crippen molar-refractivity contribution >= 4 is 31.6 Å². The number of anilines is 1. The summed E-state index contributed by atoms with van der Waals surface area (Å²) in [4.78, 5) is 12.6. The largest absolute Gasteiger partial charge is 0.483 e.